The Hall–Kier alpha value is -1.62. The average molecular weight is 265 g/mol. The fourth-order valence-electron chi connectivity index (χ4n) is 2.42. The van der Waals surface area contributed by atoms with Crippen LogP contribution in [0.3, 0.4) is 0 Å². The maximum Gasteiger partial charge on any atom is 0.242 e. The van der Waals surface area contributed by atoms with E-state index >= 15 is 0 Å². The molecule has 1 saturated heterocycles. The molecule has 104 valence electrons. The van der Waals surface area contributed by atoms with Crippen molar-refractivity contribution >= 4 is 11.6 Å². The van der Waals surface area contributed by atoms with E-state index in [1.165, 1.54) is 12.1 Å². The van der Waals surface area contributed by atoms with E-state index in [-0.39, 0.29) is 17.8 Å². The summed E-state index contributed by atoms with van der Waals surface area (Å²) in [6.45, 7) is 3.96. The molecule has 19 heavy (non-hydrogen) atoms. The van der Waals surface area contributed by atoms with Crippen molar-refractivity contribution in [1.82, 2.24) is 5.32 Å². The summed E-state index contributed by atoms with van der Waals surface area (Å²) in [5.41, 5.74) is 6.47. The summed E-state index contributed by atoms with van der Waals surface area (Å²) in [4.78, 5) is 14.1. The smallest absolute Gasteiger partial charge is 0.242 e. The van der Waals surface area contributed by atoms with Crippen LogP contribution >= 0.6 is 0 Å². The molecular formula is C14H20FN3O. The van der Waals surface area contributed by atoms with Crippen LogP contribution in [0, 0.1) is 11.7 Å². The van der Waals surface area contributed by atoms with Crippen molar-refractivity contribution in [2.24, 2.45) is 11.7 Å². The Balaban J connectivity index is 2.29. The van der Waals surface area contributed by atoms with Crippen LogP contribution in [-0.4, -0.2) is 31.6 Å². The van der Waals surface area contributed by atoms with Gasteiger partial charge in [-0.1, -0.05) is 6.92 Å². The Morgan fingerprint density at radius 2 is 2.11 bits per heavy atom. The molecule has 2 unspecified atom stereocenters. The Labute approximate surface area is 112 Å². The first-order valence-electron chi connectivity index (χ1n) is 6.62. The van der Waals surface area contributed by atoms with E-state index in [0.29, 0.717) is 25.4 Å². The molecule has 1 heterocycles. The Bertz CT molecular complexity index is 435. The van der Waals surface area contributed by atoms with Crippen molar-refractivity contribution in [3.8, 4) is 0 Å². The van der Waals surface area contributed by atoms with Crippen molar-refractivity contribution in [2.75, 3.05) is 24.5 Å². The molecular weight excluding hydrogens is 245 g/mol. The van der Waals surface area contributed by atoms with Crippen molar-refractivity contribution in [3.63, 3.8) is 0 Å². The normalized spacial score (nSPS) is 23.9. The van der Waals surface area contributed by atoms with Crippen molar-refractivity contribution in [2.45, 2.75) is 19.4 Å². The van der Waals surface area contributed by atoms with E-state index < -0.39 is 0 Å². The number of anilines is 1. The lowest BCUT2D eigenvalue weighted by Crippen LogP contribution is -2.45. The van der Waals surface area contributed by atoms with Crippen LogP contribution in [0.25, 0.3) is 0 Å². The van der Waals surface area contributed by atoms with Crippen LogP contribution < -0.4 is 16.0 Å². The number of rotatable bonds is 3. The number of carbonyl (C=O) groups excluding carboxylic acids is 1. The number of nitrogens with zero attached hydrogens (tertiary/aromatic N) is 1. The zero-order valence-corrected chi connectivity index (χ0v) is 11.1. The van der Waals surface area contributed by atoms with Gasteiger partial charge in [0, 0.05) is 18.8 Å². The molecule has 0 saturated carbocycles. The highest BCUT2D eigenvalue weighted by atomic mass is 19.1. The number of benzene rings is 1. The van der Waals surface area contributed by atoms with E-state index in [1.807, 2.05) is 4.90 Å². The standard InChI is InChI=1S/C14H20FN3O/c1-10-8-17-14(19)13(6-7-16)18(9-10)12-4-2-11(15)3-5-12/h2-5,10,13H,6-9,16H2,1H3,(H,17,19). The zero-order valence-electron chi connectivity index (χ0n) is 11.1. The van der Waals surface area contributed by atoms with Crippen LogP contribution in [0.2, 0.25) is 0 Å². The van der Waals surface area contributed by atoms with Crippen LogP contribution in [0.15, 0.2) is 24.3 Å². The monoisotopic (exact) mass is 265 g/mol. The second-order valence-corrected chi connectivity index (χ2v) is 5.07. The minimum atomic E-state index is -0.277. The minimum Gasteiger partial charge on any atom is -0.359 e. The highest BCUT2D eigenvalue weighted by molar-refractivity contribution is 5.85. The highest BCUT2D eigenvalue weighted by Gasteiger charge is 2.29. The van der Waals surface area contributed by atoms with Gasteiger partial charge in [-0.2, -0.15) is 0 Å². The molecule has 0 radical (unpaired) electrons. The van der Waals surface area contributed by atoms with Gasteiger partial charge in [0.25, 0.3) is 0 Å². The first kappa shape index (κ1) is 13.8. The van der Waals surface area contributed by atoms with Gasteiger partial charge in [0.15, 0.2) is 0 Å². The van der Waals surface area contributed by atoms with Crippen LogP contribution in [0.5, 0.6) is 0 Å². The molecule has 1 aliphatic rings. The summed E-state index contributed by atoms with van der Waals surface area (Å²) < 4.78 is 13.0. The lowest BCUT2D eigenvalue weighted by molar-refractivity contribution is -0.122. The number of amides is 1. The summed E-state index contributed by atoms with van der Waals surface area (Å²) in [7, 11) is 0. The zero-order chi connectivity index (χ0) is 13.8. The van der Waals surface area contributed by atoms with Gasteiger partial charge < -0.3 is 16.0 Å². The molecule has 1 aromatic carbocycles. The third-order valence-corrected chi connectivity index (χ3v) is 3.41. The topological polar surface area (TPSA) is 58.4 Å². The van der Waals surface area contributed by atoms with Crippen LogP contribution in [0.4, 0.5) is 10.1 Å². The number of halogens is 1. The number of hydrogen-bond donors (Lipinski definition) is 2. The van der Waals surface area contributed by atoms with E-state index in [4.69, 9.17) is 5.73 Å². The van der Waals surface area contributed by atoms with Crippen molar-refractivity contribution in [1.29, 1.82) is 0 Å². The van der Waals surface area contributed by atoms with E-state index in [1.54, 1.807) is 12.1 Å². The quantitative estimate of drug-likeness (QED) is 0.861. The minimum absolute atomic E-state index is 0.000810. The predicted molar refractivity (Wildman–Crippen MR) is 73.4 cm³/mol. The van der Waals surface area contributed by atoms with Gasteiger partial charge in [0.1, 0.15) is 11.9 Å². The summed E-state index contributed by atoms with van der Waals surface area (Å²) in [5, 5.41) is 2.93. The van der Waals surface area contributed by atoms with Gasteiger partial charge in [-0.05, 0) is 43.1 Å². The molecule has 2 rings (SSSR count). The molecule has 1 amide bonds. The summed E-state index contributed by atoms with van der Waals surface area (Å²) in [6, 6.07) is 5.99. The molecule has 2 atom stereocenters. The fraction of sp³-hybridized carbons (Fsp3) is 0.500. The lowest BCUT2D eigenvalue weighted by Gasteiger charge is -2.31. The Morgan fingerprint density at radius 1 is 1.42 bits per heavy atom. The third-order valence-electron chi connectivity index (χ3n) is 3.41. The van der Waals surface area contributed by atoms with E-state index in [0.717, 1.165) is 12.2 Å². The van der Waals surface area contributed by atoms with Gasteiger partial charge in [0.05, 0.1) is 0 Å². The maximum absolute atomic E-state index is 13.0. The third kappa shape index (κ3) is 3.23. The lowest BCUT2D eigenvalue weighted by atomic mass is 10.1. The molecule has 1 fully saturated rings. The molecule has 3 N–H and O–H groups in total. The van der Waals surface area contributed by atoms with Gasteiger partial charge in [-0.25, -0.2) is 4.39 Å². The Kier molecular flexibility index (Phi) is 4.37. The first-order valence-corrected chi connectivity index (χ1v) is 6.62. The van der Waals surface area contributed by atoms with Crippen LogP contribution in [0.1, 0.15) is 13.3 Å². The van der Waals surface area contributed by atoms with Gasteiger partial charge >= 0.3 is 0 Å². The molecule has 1 aromatic rings. The van der Waals surface area contributed by atoms with Crippen LogP contribution in [-0.2, 0) is 4.79 Å². The molecule has 5 heteroatoms. The molecule has 1 aliphatic heterocycles. The number of hydrogen-bond acceptors (Lipinski definition) is 3. The van der Waals surface area contributed by atoms with Crippen molar-refractivity contribution < 1.29 is 9.18 Å². The maximum atomic E-state index is 13.0. The Morgan fingerprint density at radius 3 is 2.74 bits per heavy atom. The molecule has 0 aliphatic carbocycles. The first-order chi connectivity index (χ1) is 9.11. The fourth-order valence-corrected chi connectivity index (χ4v) is 2.42. The molecule has 4 nitrogen and oxygen atoms in total. The van der Waals surface area contributed by atoms with Gasteiger partial charge in [0.2, 0.25) is 5.91 Å². The summed E-state index contributed by atoms with van der Waals surface area (Å²) in [6.07, 6.45) is 0.593. The number of nitrogens with two attached hydrogens (primary N) is 1. The average Bonchev–Trinajstić information content (AvgIpc) is 2.53. The number of nitrogens with one attached hydrogen (secondary N) is 1. The van der Waals surface area contributed by atoms with Gasteiger partial charge in [-0.15, -0.1) is 0 Å². The van der Waals surface area contributed by atoms with E-state index in [9.17, 15) is 9.18 Å². The SMILES string of the molecule is CC1CNC(=O)C(CCN)N(c2ccc(F)cc2)C1. The second kappa shape index (κ2) is 6.02. The summed E-state index contributed by atoms with van der Waals surface area (Å²) in [5.74, 6) is 0.0716. The van der Waals surface area contributed by atoms with E-state index in [2.05, 4.69) is 12.2 Å². The summed E-state index contributed by atoms with van der Waals surface area (Å²) >= 11 is 0. The molecule has 0 aromatic heterocycles. The second-order valence-electron chi connectivity index (χ2n) is 5.07. The molecule has 0 spiro atoms. The van der Waals surface area contributed by atoms with Crippen molar-refractivity contribution in [3.05, 3.63) is 30.1 Å². The number of carbonyl (C=O) groups is 1. The predicted octanol–water partition coefficient (Wildman–Crippen LogP) is 1.12. The van der Waals surface area contributed by atoms with Gasteiger partial charge in [-0.3, -0.25) is 4.79 Å². The molecule has 0 bridgehead atoms. The highest BCUT2D eigenvalue weighted by Crippen LogP contribution is 2.22. The largest absolute Gasteiger partial charge is 0.359 e.